The molecule has 2 aromatic carbocycles. The molecular weight excluding hydrogens is 300 g/mol. The second-order valence-corrected chi connectivity index (χ2v) is 5.75. The van der Waals surface area contributed by atoms with Crippen molar-refractivity contribution < 1.29 is 4.79 Å². The molecule has 24 heavy (non-hydrogen) atoms. The summed E-state index contributed by atoms with van der Waals surface area (Å²) >= 11 is 0. The van der Waals surface area contributed by atoms with Gasteiger partial charge in [-0.25, -0.2) is 4.98 Å². The number of amides is 1. The molecule has 0 bridgehead atoms. The Morgan fingerprint density at radius 3 is 2.62 bits per heavy atom. The van der Waals surface area contributed by atoms with Crippen LogP contribution in [-0.4, -0.2) is 22.0 Å². The van der Waals surface area contributed by atoms with E-state index < -0.39 is 0 Å². The SMILES string of the molecule is NCCC(=O)Nc1nc2ccccc2n1CCCc1ccccc1. The first kappa shape index (κ1) is 16.2. The van der Waals surface area contributed by atoms with Gasteiger partial charge in [0.2, 0.25) is 11.9 Å². The lowest BCUT2D eigenvalue weighted by Gasteiger charge is -2.10. The summed E-state index contributed by atoms with van der Waals surface area (Å²) in [6.07, 6.45) is 2.26. The molecule has 3 aromatic rings. The smallest absolute Gasteiger partial charge is 0.227 e. The first-order valence-corrected chi connectivity index (χ1v) is 8.27. The summed E-state index contributed by atoms with van der Waals surface area (Å²) in [5.74, 6) is 0.500. The van der Waals surface area contributed by atoms with E-state index in [1.807, 2.05) is 30.3 Å². The highest BCUT2D eigenvalue weighted by molar-refractivity contribution is 5.91. The largest absolute Gasteiger partial charge is 0.330 e. The predicted octanol–water partition coefficient (Wildman–Crippen LogP) is 2.96. The lowest BCUT2D eigenvalue weighted by molar-refractivity contribution is -0.116. The van der Waals surface area contributed by atoms with Crippen LogP contribution in [0.3, 0.4) is 0 Å². The number of para-hydroxylation sites is 2. The van der Waals surface area contributed by atoms with Crippen molar-refractivity contribution in [3.05, 3.63) is 60.2 Å². The molecular formula is C19H22N4O. The van der Waals surface area contributed by atoms with Gasteiger partial charge in [0, 0.05) is 19.5 Å². The fourth-order valence-electron chi connectivity index (χ4n) is 2.80. The van der Waals surface area contributed by atoms with Gasteiger partial charge in [0.15, 0.2) is 0 Å². The lowest BCUT2D eigenvalue weighted by Crippen LogP contribution is -2.19. The van der Waals surface area contributed by atoms with Gasteiger partial charge in [0.05, 0.1) is 11.0 Å². The minimum Gasteiger partial charge on any atom is -0.330 e. The third kappa shape index (κ3) is 3.81. The molecule has 124 valence electrons. The average Bonchev–Trinajstić information content (AvgIpc) is 2.93. The molecule has 0 aliphatic rings. The van der Waals surface area contributed by atoms with E-state index in [-0.39, 0.29) is 5.91 Å². The van der Waals surface area contributed by atoms with Crippen LogP contribution in [-0.2, 0) is 17.8 Å². The molecule has 5 nitrogen and oxygen atoms in total. The molecule has 1 heterocycles. The first-order chi connectivity index (χ1) is 11.8. The number of carbonyl (C=O) groups excluding carboxylic acids is 1. The van der Waals surface area contributed by atoms with E-state index in [1.54, 1.807) is 0 Å². The van der Waals surface area contributed by atoms with Crippen molar-refractivity contribution in [3.63, 3.8) is 0 Å². The van der Waals surface area contributed by atoms with Gasteiger partial charge < -0.3 is 10.3 Å². The van der Waals surface area contributed by atoms with Crippen molar-refractivity contribution in [1.29, 1.82) is 0 Å². The molecule has 5 heteroatoms. The fraction of sp³-hybridized carbons (Fsp3) is 0.263. The van der Waals surface area contributed by atoms with Crippen LogP contribution in [0.5, 0.6) is 0 Å². The molecule has 1 aromatic heterocycles. The summed E-state index contributed by atoms with van der Waals surface area (Å²) < 4.78 is 2.08. The van der Waals surface area contributed by atoms with Crippen LogP contribution in [0.1, 0.15) is 18.4 Å². The van der Waals surface area contributed by atoms with E-state index in [1.165, 1.54) is 5.56 Å². The van der Waals surface area contributed by atoms with Crippen LogP contribution in [0.25, 0.3) is 11.0 Å². The Kier molecular flexibility index (Phi) is 5.23. The zero-order chi connectivity index (χ0) is 16.8. The Morgan fingerprint density at radius 2 is 1.83 bits per heavy atom. The maximum atomic E-state index is 11.9. The number of imidazole rings is 1. The second kappa shape index (κ2) is 7.75. The van der Waals surface area contributed by atoms with Crippen LogP contribution >= 0.6 is 0 Å². The molecule has 0 spiro atoms. The summed E-state index contributed by atoms with van der Waals surface area (Å²) in [6, 6.07) is 18.3. The number of nitrogens with one attached hydrogen (secondary N) is 1. The summed E-state index contributed by atoms with van der Waals surface area (Å²) in [5, 5.41) is 2.88. The third-order valence-electron chi connectivity index (χ3n) is 3.97. The molecule has 0 saturated carbocycles. The number of aromatic nitrogens is 2. The Balaban J connectivity index is 1.77. The van der Waals surface area contributed by atoms with Crippen molar-refractivity contribution in [2.24, 2.45) is 5.73 Å². The van der Waals surface area contributed by atoms with Gasteiger partial charge in [-0.05, 0) is 30.5 Å². The van der Waals surface area contributed by atoms with E-state index >= 15 is 0 Å². The number of nitrogens with zero attached hydrogens (tertiary/aromatic N) is 2. The molecule has 3 rings (SSSR count). The summed E-state index contributed by atoms with van der Waals surface area (Å²) in [5.41, 5.74) is 8.69. The molecule has 0 atom stereocenters. The van der Waals surface area contributed by atoms with Crippen molar-refractivity contribution in [3.8, 4) is 0 Å². The molecule has 0 aliphatic heterocycles. The minimum absolute atomic E-state index is 0.0999. The van der Waals surface area contributed by atoms with Gasteiger partial charge in [-0.3, -0.25) is 10.1 Å². The molecule has 0 unspecified atom stereocenters. The number of aryl methyl sites for hydroxylation is 2. The number of rotatable bonds is 7. The van der Waals surface area contributed by atoms with E-state index in [2.05, 4.69) is 39.1 Å². The lowest BCUT2D eigenvalue weighted by atomic mass is 10.1. The van der Waals surface area contributed by atoms with Crippen molar-refractivity contribution >= 4 is 22.9 Å². The van der Waals surface area contributed by atoms with Gasteiger partial charge in [-0.15, -0.1) is 0 Å². The summed E-state index contributed by atoms with van der Waals surface area (Å²) in [6.45, 7) is 1.13. The monoisotopic (exact) mass is 322 g/mol. The number of hydrogen-bond donors (Lipinski definition) is 2. The second-order valence-electron chi connectivity index (χ2n) is 5.75. The van der Waals surface area contributed by atoms with Crippen LogP contribution in [0.4, 0.5) is 5.95 Å². The quantitative estimate of drug-likeness (QED) is 0.702. The zero-order valence-corrected chi connectivity index (χ0v) is 13.6. The Labute approximate surface area is 141 Å². The molecule has 3 N–H and O–H groups in total. The number of hydrogen-bond acceptors (Lipinski definition) is 3. The molecule has 0 saturated heterocycles. The molecule has 0 aliphatic carbocycles. The van der Waals surface area contributed by atoms with Gasteiger partial charge in [-0.1, -0.05) is 42.5 Å². The van der Waals surface area contributed by atoms with E-state index in [9.17, 15) is 4.79 Å². The number of carbonyl (C=O) groups is 1. The van der Waals surface area contributed by atoms with Crippen molar-refractivity contribution in [1.82, 2.24) is 9.55 Å². The van der Waals surface area contributed by atoms with E-state index in [0.29, 0.717) is 18.9 Å². The van der Waals surface area contributed by atoms with Crippen LogP contribution in [0.15, 0.2) is 54.6 Å². The van der Waals surface area contributed by atoms with Gasteiger partial charge in [0.1, 0.15) is 0 Å². The normalized spacial score (nSPS) is 10.9. The highest BCUT2D eigenvalue weighted by Crippen LogP contribution is 2.20. The summed E-state index contributed by atoms with van der Waals surface area (Å²) in [4.78, 5) is 16.4. The summed E-state index contributed by atoms with van der Waals surface area (Å²) in [7, 11) is 0. The number of benzene rings is 2. The number of anilines is 1. The Hall–Kier alpha value is -2.66. The predicted molar refractivity (Wildman–Crippen MR) is 96.8 cm³/mol. The van der Waals surface area contributed by atoms with Gasteiger partial charge >= 0.3 is 0 Å². The molecule has 0 fully saturated rings. The van der Waals surface area contributed by atoms with Crippen LogP contribution in [0.2, 0.25) is 0 Å². The highest BCUT2D eigenvalue weighted by Gasteiger charge is 2.12. The number of nitrogens with two attached hydrogens (primary N) is 1. The third-order valence-corrected chi connectivity index (χ3v) is 3.97. The Morgan fingerprint density at radius 1 is 1.08 bits per heavy atom. The first-order valence-electron chi connectivity index (χ1n) is 8.27. The fourth-order valence-corrected chi connectivity index (χ4v) is 2.80. The van der Waals surface area contributed by atoms with Crippen molar-refractivity contribution in [2.75, 3.05) is 11.9 Å². The van der Waals surface area contributed by atoms with Crippen LogP contribution in [0, 0.1) is 0 Å². The number of fused-ring (bicyclic) bond motifs is 1. The van der Waals surface area contributed by atoms with Gasteiger partial charge in [0.25, 0.3) is 0 Å². The van der Waals surface area contributed by atoms with Crippen molar-refractivity contribution in [2.45, 2.75) is 25.8 Å². The molecule has 1 amide bonds. The minimum atomic E-state index is -0.0999. The van der Waals surface area contributed by atoms with Crippen LogP contribution < -0.4 is 11.1 Å². The average molecular weight is 322 g/mol. The van der Waals surface area contributed by atoms with E-state index in [0.717, 1.165) is 30.4 Å². The zero-order valence-electron chi connectivity index (χ0n) is 13.6. The standard InChI is InChI=1S/C19H22N4O/c20-13-12-18(24)22-19-21-16-10-4-5-11-17(16)23(19)14-6-9-15-7-2-1-3-8-15/h1-5,7-8,10-11H,6,9,12-14,20H2,(H,21,22,24). The maximum absolute atomic E-state index is 11.9. The van der Waals surface area contributed by atoms with Gasteiger partial charge in [-0.2, -0.15) is 0 Å². The van der Waals surface area contributed by atoms with E-state index in [4.69, 9.17) is 5.73 Å². The Bertz CT molecular complexity index is 811. The highest BCUT2D eigenvalue weighted by atomic mass is 16.1. The molecule has 0 radical (unpaired) electrons. The maximum Gasteiger partial charge on any atom is 0.227 e. The topological polar surface area (TPSA) is 72.9 Å².